The molecule has 2 heterocycles. The quantitative estimate of drug-likeness (QED) is 0.648. The fourth-order valence-corrected chi connectivity index (χ4v) is 2.70. The van der Waals surface area contributed by atoms with Crippen LogP contribution in [-0.2, 0) is 6.54 Å². The molecule has 0 aliphatic heterocycles. The molecule has 0 spiro atoms. The van der Waals surface area contributed by atoms with Gasteiger partial charge in [-0.2, -0.15) is 5.10 Å². The van der Waals surface area contributed by atoms with E-state index in [-0.39, 0.29) is 17.8 Å². The summed E-state index contributed by atoms with van der Waals surface area (Å²) in [5.74, 6) is -0.917. The molecule has 2 aromatic heterocycles. The molecule has 3 rings (SSSR count). The first kappa shape index (κ1) is 18.4. The van der Waals surface area contributed by atoms with Crippen LogP contribution in [0.1, 0.15) is 17.3 Å². The molecular weight excluding hydrogens is 349 g/mol. The summed E-state index contributed by atoms with van der Waals surface area (Å²) in [6, 6.07) is 9.00. The Hall–Kier alpha value is -3.39. The second-order valence-corrected chi connectivity index (χ2v) is 5.72. The molecule has 0 fully saturated rings. The van der Waals surface area contributed by atoms with Crippen LogP contribution in [-0.4, -0.2) is 27.1 Å². The number of aryl methyl sites for hydroxylation is 1. The molecule has 1 aromatic carbocycles. The van der Waals surface area contributed by atoms with Crippen LogP contribution in [0.25, 0.3) is 11.3 Å². The number of pyridine rings is 1. The van der Waals surface area contributed by atoms with Crippen molar-refractivity contribution in [2.45, 2.75) is 13.5 Å². The molecule has 0 radical (unpaired) electrons. The van der Waals surface area contributed by atoms with Gasteiger partial charge in [0, 0.05) is 30.2 Å². The monoisotopic (exact) mass is 367 g/mol. The molecule has 0 aliphatic rings. The lowest BCUT2D eigenvalue weighted by molar-refractivity contribution is 0.100. The number of rotatable bonds is 6. The molecule has 3 aromatic rings. The molecule has 27 heavy (non-hydrogen) atoms. The summed E-state index contributed by atoms with van der Waals surface area (Å²) >= 11 is 0. The number of halogens is 1. The number of hydrogen-bond acceptors (Lipinski definition) is 6. The highest BCUT2D eigenvalue weighted by molar-refractivity contribution is 6.07. The van der Waals surface area contributed by atoms with E-state index in [9.17, 15) is 14.0 Å². The number of Topliss-reactive ketones (excluding diaryl/α,β-unsaturated/α-hetero) is 1. The molecule has 8 heteroatoms. The van der Waals surface area contributed by atoms with Gasteiger partial charge in [-0.05, 0) is 37.3 Å². The summed E-state index contributed by atoms with van der Waals surface area (Å²) in [5, 5.41) is 7.21. The lowest BCUT2D eigenvalue weighted by Crippen LogP contribution is -2.30. The van der Waals surface area contributed by atoms with Crippen LogP contribution in [0.3, 0.4) is 0 Å². The maximum absolute atomic E-state index is 13.6. The standard InChI is InChI=1S/C19H18FN5O2/c1-2-25-19(27)18(23-14-5-3-4-13(20)10-14)16(15(26)11-21)17(24-25)12-6-8-22-9-7-12/h3-10,23H,2,11,21H2,1H3. The predicted molar refractivity (Wildman–Crippen MR) is 100 cm³/mol. The normalized spacial score (nSPS) is 10.6. The van der Waals surface area contributed by atoms with E-state index in [1.54, 1.807) is 37.5 Å². The molecule has 138 valence electrons. The van der Waals surface area contributed by atoms with Crippen molar-refractivity contribution in [1.29, 1.82) is 0 Å². The number of aromatic nitrogens is 3. The van der Waals surface area contributed by atoms with Crippen LogP contribution in [0.15, 0.2) is 53.6 Å². The Morgan fingerprint density at radius 3 is 2.63 bits per heavy atom. The molecule has 0 aliphatic carbocycles. The van der Waals surface area contributed by atoms with E-state index in [4.69, 9.17) is 5.73 Å². The van der Waals surface area contributed by atoms with Gasteiger partial charge in [-0.15, -0.1) is 0 Å². The Morgan fingerprint density at radius 1 is 1.26 bits per heavy atom. The van der Waals surface area contributed by atoms with E-state index in [1.165, 1.54) is 22.9 Å². The van der Waals surface area contributed by atoms with Gasteiger partial charge in [0.05, 0.1) is 12.1 Å². The van der Waals surface area contributed by atoms with Crippen LogP contribution in [0.4, 0.5) is 15.8 Å². The Balaban J connectivity index is 2.29. The van der Waals surface area contributed by atoms with Crippen molar-refractivity contribution in [1.82, 2.24) is 14.8 Å². The van der Waals surface area contributed by atoms with Gasteiger partial charge in [-0.1, -0.05) is 6.07 Å². The summed E-state index contributed by atoms with van der Waals surface area (Å²) < 4.78 is 14.8. The average Bonchev–Trinajstić information content (AvgIpc) is 2.69. The molecule has 0 saturated carbocycles. The van der Waals surface area contributed by atoms with E-state index in [1.807, 2.05) is 0 Å². The van der Waals surface area contributed by atoms with Gasteiger partial charge < -0.3 is 11.1 Å². The second kappa shape index (κ2) is 7.88. The second-order valence-electron chi connectivity index (χ2n) is 5.72. The number of carbonyl (C=O) groups excluding carboxylic acids is 1. The number of hydrogen-bond donors (Lipinski definition) is 2. The largest absolute Gasteiger partial charge is 0.350 e. The third-order valence-corrected chi connectivity index (χ3v) is 3.97. The van der Waals surface area contributed by atoms with Crippen LogP contribution < -0.4 is 16.6 Å². The maximum Gasteiger partial charge on any atom is 0.291 e. The Kier molecular flexibility index (Phi) is 5.37. The van der Waals surface area contributed by atoms with Gasteiger partial charge in [-0.3, -0.25) is 14.6 Å². The first-order chi connectivity index (χ1) is 13.0. The smallest absolute Gasteiger partial charge is 0.291 e. The number of nitrogens with two attached hydrogens (primary N) is 1. The Bertz CT molecular complexity index is 1030. The number of ketones is 1. The van der Waals surface area contributed by atoms with Gasteiger partial charge >= 0.3 is 0 Å². The molecule has 0 amide bonds. The summed E-state index contributed by atoms with van der Waals surface area (Å²) in [6.07, 6.45) is 3.13. The molecule has 0 bridgehead atoms. The van der Waals surface area contributed by atoms with E-state index >= 15 is 0 Å². The van der Waals surface area contributed by atoms with Gasteiger partial charge in [0.1, 0.15) is 17.2 Å². The third-order valence-electron chi connectivity index (χ3n) is 3.97. The first-order valence-electron chi connectivity index (χ1n) is 8.36. The van der Waals surface area contributed by atoms with Gasteiger partial charge in [-0.25, -0.2) is 9.07 Å². The van der Waals surface area contributed by atoms with Crippen molar-refractivity contribution in [2.24, 2.45) is 5.73 Å². The van der Waals surface area contributed by atoms with E-state index in [0.717, 1.165) is 0 Å². The summed E-state index contributed by atoms with van der Waals surface area (Å²) in [6.45, 7) is 1.76. The number of anilines is 2. The zero-order valence-electron chi connectivity index (χ0n) is 14.6. The van der Waals surface area contributed by atoms with Gasteiger partial charge in [0.15, 0.2) is 5.78 Å². The zero-order chi connectivity index (χ0) is 19.4. The number of nitrogens with zero attached hydrogens (tertiary/aromatic N) is 3. The number of carbonyl (C=O) groups is 1. The van der Waals surface area contributed by atoms with Crippen molar-refractivity contribution in [3.63, 3.8) is 0 Å². The predicted octanol–water partition coefficient (Wildman–Crippen LogP) is 2.35. The third kappa shape index (κ3) is 3.75. The Labute approximate surface area is 154 Å². The highest BCUT2D eigenvalue weighted by Gasteiger charge is 2.23. The lowest BCUT2D eigenvalue weighted by atomic mass is 10.0. The summed E-state index contributed by atoms with van der Waals surface area (Å²) in [5.41, 5.74) is 6.44. The van der Waals surface area contributed by atoms with E-state index in [0.29, 0.717) is 23.5 Å². The zero-order valence-corrected chi connectivity index (χ0v) is 14.6. The SMILES string of the molecule is CCn1nc(-c2ccncc2)c(C(=O)CN)c(Nc2cccc(F)c2)c1=O. The average molecular weight is 367 g/mol. The van der Waals surface area contributed by atoms with Crippen molar-refractivity contribution < 1.29 is 9.18 Å². The topological polar surface area (TPSA) is 103 Å². The molecular formula is C19H18FN5O2. The van der Waals surface area contributed by atoms with Gasteiger partial charge in [0.25, 0.3) is 5.56 Å². The molecule has 7 nitrogen and oxygen atoms in total. The van der Waals surface area contributed by atoms with E-state index in [2.05, 4.69) is 15.4 Å². The minimum atomic E-state index is -0.489. The Morgan fingerprint density at radius 2 is 2.00 bits per heavy atom. The van der Waals surface area contributed by atoms with Crippen LogP contribution in [0.5, 0.6) is 0 Å². The fourth-order valence-electron chi connectivity index (χ4n) is 2.70. The maximum atomic E-state index is 13.6. The van der Waals surface area contributed by atoms with Crippen molar-refractivity contribution in [2.75, 3.05) is 11.9 Å². The van der Waals surface area contributed by atoms with Crippen molar-refractivity contribution >= 4 is 17.2 Å². The minimum Gasteiger partial charge on any atom is -0.350 e. The minimum absolute atomic E-state index is 0.0136. The van der Waals surface area contributed by atoms with Crippen molar-refractivity contribution in [3.05, 3.63) is 70.5 Å². The molecule has 3 N–H and O–H groups in total. The summed E-state index contributed by atoms with van der Waals surface area (Å²) in [7, 11) is 0. The lowest BCUT2D eigenvalue weighted by Gasteiger charge is -2.16. The van der Waals surface area contributed by atoms with Crippen molar-refractivity contribution in [3.8, 4) is 11.3 Å². The van der Waals surface area contributed by atoms with Gasteiger partial charge in [0.2, 0.25) is 0 Å². The van der Waals surface area contributed by atoms with Crippen LogP contribution in [0.2, 0.25) is 0 Å². The molecule has 0 unspecified atom stereocenters. The molecule has 0 atom stereocenters. The van der Waals surface area contributed by atoms with E-state index < -0.39 is 17.2 Å². The van der Waals surface area contributed by atoms with Crippen LogP contribution in [0, 0.1) is 5.82 Å². The highest BCUT2D eigenvalue weighted by Crippen LogP contribution is 2.27. The number of nitrogens with one attached hydrogen (secondary N) is 1. The number of benzene rings is 1. The first-order valence-corrected chi connectivity index (χ1v) is 8.36. The fraction of sp³-hybridized carbons (Fsp3) is 0.158. The molecule has 0 saturated heterocycles. The summed E-state index contributed by atoms with van der Waals surface area (Å²) in [4.78, 5) is 29.4. The van der Waals surface area contributed by atoms with Crippen LogP contribution >= 0.6 is 0 Å². The highest BCUT2D eigenvalue weighted by atomic mass is 19.1.